The highest BCUT2D eigenvalue weighted by atomic mass is 16.2. The van der Waals surface area contributed by atoms with Crippen LogP contribution in [0.3, 0.4) is 0 Å². The molecule has 1 rings (SSSR count). The Kier molecular flexibility index (Phi) is 6.52. The summed E-state index contributed by atoms with van der Waals surface area (Å²) in [5.74, 6) is 0. The standard InChI is InChI=1S/C16H27N3O/c1-4-10-19(13-16(2,3)12-17)15(20)18-11-14-8-6-5-7-9-14/h5-9H,4,10-13,17H2,1-3H3,(H,18,20). The zero-order valence-electron chi connectivity index (χ0n) is 12.9. The van der Waals surface area contributed by atoms with Gasteiger partial charge in [-0.3, -0.25) is 0 Å². The van der Waals surface area contributed by atoms with E-state index in [4.69, 9.17) is 5.73 Å². The van der Waals surface area contributed by atoms with Crippen LogP contribution in [0.2, 0.25) is 0 Å². The lowest BCUT2D eigenvalue weighted by Crippen LogP contribution is -2.46. The van der Waals surface area contributed by atoms with Crippen LogP contribution in [0, 0.1) is 5.41 Å². The van der Waals surface area contributed by atoms with E-state index in [0.29, 0.717) is 19.6 Å². The van der Waals surface area contributed by atoms with Crippen LogP contribution >= 0.6 is 0 Å². The van der Waals surface area contributed by atoms with Gasteiger partial charge in [-0.1, -0.05) is 51.1 Å². The van der Waals surface area contributed by atoms with Crippen molar-refractivity contribution in [2.75, 3.05) is 19.6 Å². The lowest BCUT2D eigenvalue weighted by Gasteiger charge is -2.31. The van der Waals surface area contributed by atoms with Gasteiger partial charge in [0.1, 0.15) is 0 Å². The average Bonchev–Trinajstić information content (AvgIpc) is 2.45. The molecule has 0 aliphatic rings. The summed E-state index contributed by atoms with van der Waals surface area (Å²) in [4.78, 5) is 14.1. The third kappa shape index (κ3) is 5.61. The van der Waals surface area contributed by atoms with Crippen LogP contribution in [0.1, 0.15) is 32.8 Å². The van der Waals surface area contributed by atoms with Crippen LogP contribution in [0.25, 0.3) is 0 Å². The summed E-state index contributed by atoms with van der Waals surface area (Å²) in [6.07, 6.45) is 0.944. The molecular formula is C16H27N3O. The van der Waals surface area contributed by atoms with E-state index in [9.17, 15) is 4.79 Å². The summed E-state index contributed by atoms with van der Waals surface area (Å²) >= 11 is 0. The second-order valence-corrected chi connectivity index (χ2v) is 5.93. The first-order valence-corrected chi connectivity index (χ1v) is 7.25. The number of rotatable bonds is 7. The highest BCUT2D eigenvalue weighted by Gasteiger charge is 2.23. The number of amides is 2. The van der Waals surface area contributed by atoms with Gasteiger partial charge in [0, 0.05) is 19.6 Å². The van der Waals surface area contributed by atoms with E-state index >= 15 is 0 Å². The molecule has 4 nitrogen and oxygen atoms in total. The van der Waals surface area contributed by atoms with Crippen LogP contribution < -0.4 is 11.1 Å². The Balaban J connectivity index is 2.56. The first-order valence-electron chi connectivity index (χ1n) is 7.25. The molecule has 0 aliphatic heterocycles. The van der Waals surface area contributed by atoms with Crippen LogP contribution in [0.15, 0.2) is 30.3 Å². The second kappa shape index (κ2) is 7.90. The molecule has 2 amide bonds. The van der Waals surface area contributed by atoms with E-state index in [0.717, 1.165) is 18.5 Å². The van der Waals surface area contributed by atoms with Gasteiger partial charge in [-0.05, 0) is 23.9 Å². The number of benzene rings is 1. The number of urea groups is 1. The molecule has 112 valence electrons. The Morgan fingerprint density at radius 1 is 1.30 bits per heavy atom. The fraction of sp³-hybridized carbons (Fsp3) is 0.562. The zero-order chi connectivity index (χ0) is 15.0. The normalized spacial score (nSPS) is 11.2. The summed E-state index contributed by atoms with van der Waals surface area (Å²) in [6.45, 7) is 8.80. The summed E-state index contributed by atoms with van der Waals surface area (Å²) in [7, 11) is 0. The van der Waals surface area contributed by atoms with Crippen molar-refractivity contribution in [3.63, 3.8) is 0 Å². The topological polar surface area (TPSA) is 58.4 Å². The number of nitrogens with two attached hydrogens (primary N) is 1. The van der Waals surface area contributed by atoms with Crippen LogP contribution in [0.5, 0.6) is 0 Å². The van der Waals surface area contributed by atoms with E-state index in [1.165, 1.54) is 0 Å². The van der Waals surface area contributed by atoms with Gasteiger partial charge in [0.25, 0.3) is 0 Å². The summed E-state index contributed by atoms with van der Waals surface area (Å²) < 4.78 is 0. The molecule has 1 aromatic carbocycles. The number of carbonyl (C=O) groups excluding carboxylic acids is 1. The molecule has 20 heavy (non-hydrogen) atoms. The molecule has 0 radical (unpaired) electrons. The number of hydrogen-bond acceptors (Lipinski definition) is 2. The maximum atomic E-state index is 12.3. The van der Waals surface area contributed by atoms with Crippen molar-refractivity contribution in [1.82, 2.24) is 10.2 Å². The Morgan fingerprint density at radius 3 is 2.50 bits per heavy atom. The Bertz CT molecular complexity index is 403. The summed E-state index contributed by atoms with van der Waals surface area (Å²) in [5.41, 5.74) is 6.81. The maximum absolute atomic E-state index is 12.3. The van der Waals surface area contributed by atoms with Crippen LogP contribution in [-0.4, -0.2) is 30.6 Å². The van der Waals surface area contributed by atoms with Gasteiger partial charge >= 0.3 is 6.03 Å². The predicted octanol–water partition coefficient (Wildman–Crippen LogP) is 2.59. The van der Waals surface area contributed by atoms with Gasteiger partial charge in [0.15, 0.2) is 0 Å². The third-order valence-corrected chi connectivity index (χ3v) is 3.24. The van der Waals surface area contributed by atoms with Gasteiger partial charge in [-0.25, -0.2) is 4.79 Å². The molecular weight excluding hydrogens is 250 g/mol. The predicted molar refractivity (Wildman–Crippen MR) is 83.4 cm³/mol. The van der Waals surface area contributed by atoms with E-state index in [1.54, 1.807) is 0 Å². The van der Waals surface area contributed by atoms with Gasteiger partial charge in [0.05, 0.1) is 0 Å². The average molecular weight is 277 g/mol. The van der Waals surface area contributed by atoms with Crippen LogP contribution in [-0.2, 0) is 6.54 Å². The largest absolute Gasteiger partial charge is 0.334 e. The minimum absolute atomic E-state index is 0.0165. The molecule has 3 N–H and O–H groups in total. The van der Waals surface area contributed by atoms with Crippen molar-refractivity contribution in [2.24, 2.45) is 11.1 Å². The molecule has 0 aliphatic carbocycles. The Hall–Kier alpha value is -1.55. The Labute approximate surface area is 122 Å². The molecule has 0 unspecified atom stereocenters. The smallest absolute Gasteiger partial charge is 0.317 e. The minimum Gasteiger partial charge on any atom is -0.334 e. The highest BCUT2D eigenvalue weighted by molar-refractivity contribution is 5.74. The SMILES string of the molecule is CCCN(CC(C)(C)CN)C(=O)NCc1ccccc1. The van der Waals surface area contributed by atoms with Crippen molar-refractivity contribution in [1.29, 1.82) is 0 Å². The lowest BCUT2D eigenvalue weighted by atomic mass is 9.93. The molecule has 0 saturated heterocycles. The Morgan fingerprint density at radius 2 is 1.95 bits per heavy atom. The van der Waals surface area contributed by atoms with E-state index in [-0.39, 0.29) is 11.4 Å². The fourth-order valence-electron chi connectivity index (χ4n) is 1.99. The van der Waals surface area contributed by atoms with Crippen molar-refractivity contribution in [3.8, 4) is 0 Å². The molecule has 0 fully saturated rings. The number of hydrogen-bond donors (Lipinski definition) is 2. The van der Waals surface area contributed by atoms with Crippen molar-refractivity contribution in [3.05, 3.63) is 35.9 Å². The quantitative estimate of drug-likeness (QED) is 0.805. The van der Waals surface area contributed by atoms with Crippen molar-refractivity contribution < 1.29 is 4.79 Å². The highest BCUT2D eigenvalue weighted by Crippen LogP contribution is 2.15. The summed E-state index contributed by atoms with van der Waals surface area (Å²) in [5, 5.41) is 2.98. The maximum Gasteiger partial charge on any atom is 0.317 e. The number of carbonyl (C=O) groups is 1. The number of nitrogens with one attached hydrogen (secondary N) is 1. The molecule has 4 heteroatoms. The molecule has 0 spiro atoms. The van der Waals surface area contributed by atoms with E-state index < -0.39 is 0 Å². The first-order chi connectivity index (χ1) is 9.48. The molecule has 1 aromatic rings. The molecule has 0 bridgehead atoms. The van der Waals surface area contributed by atoms with E-state index in [2.05, 4.69) is 26.1 Å². The third-order valence-electron chi connectivity index (χ3n) is 3.24. The molecule has 0 aromatic heterocycles. The van der Waals surface area contributed by atoms with Crippen molar-refractivity contribution in [2.45, 2.75) is 33.7 Å². The van der Waals surface area contributed by atoms with Crippen LogP contribution in [0.4, 0.5) is 4.79 Å². The van der Waals surface area contributed by atoms with E-state index in [1.807, 2.05) is 35.2 Å². The molecule has 0 saturated carbocycles. The lowest BCUT2D eigenvalue weighted by molar-refractivity contribution is 0.169. The molecule has 0 heterocycles. The summed E-state index contributed by atoms with van der Waals surface area (Å²) in [6, 6.07) is 9.92. The first kappa shape index (κ1) is 16.5. The van der Waals surface area contributed by atoms with Crippen molar-refractivity contribution >= 4 is 6.03 Å². The fourth-order valence-corrected chi connectivity index (χ4v) is 1.99. The number of nitrogens with zero attached hydrogens (tertiary/aromatic N) is 1. The van der Waals surface area contributed by atoms with Gasteiger partial charge < -0.3 is 16.0 Å². The molecule has 0 atom stereocenters. The van der Waals surface area contributed by atoms with Gasteiger partial charge in [-0.2, -0.15) is 0 Å². The zero-order valence-corrected chi connectivity index (χ0v) is 12.9. The monoisotopic (exact) mass is 277 g/mol. The minimum atomic E-state index is -0.0563. The van der Waals surface area contributed by atoms with Gasteiger partial charge in [0.2, 0.25) is 0 Å². The second-order valence-electron chi connectivity index (χ2n) is 5.93. The van der Waals surface area contributed by atoms with Gasteiger partial charge in [-0.15, -0.1) is 0 Å².